The Balaban J connectivity index is 0.000000288. The Bertz CT molecular complexity index is 345. The fraction of sp³-hybridized carbons (Fsp3) is 0.0833. The van der Waals surface area contributed by atoms with Gasteiger partial charge >= 0.3 is 5.97 Å². The molecule has 0 saturated carbocycles. The van der Waals surface area contributed by atoms with Gasteiger partial charge < -0.3 is 4.74 Å². The summed E-state index contributed by atoms with van der Waals surface area (Å²) in [7, 11) is 0. The van der Waals surface area contributed by atoms with E-state index in [1.807, 2.05) is 24.3 Å². The number of carbonyl (C=O) groups is 1. The van der Waals surface area contributed by atoms with Crippen LogP contribution in [0.1, 0.15) is 12.5 Å². The molecule has 15 heavy (non-hydrogen) atoms. The number of esters is 1. The van der Waals surface area contributed by atoms with E-state index in [0.29, 0.717) is 0 Å². The zero-order valence-corrected chi connectivity index (χ0v) is 9.33. The molecule has 0 aromatic heterocycles. The van der Waals surface area contributed by atoms with Crippen LogP contribution in [-0.2, 0) is 9.53 Å². The van der Waals surface area contributed by atoms with Crippen LogP contribution in [0.3, 0.4) is 0 Å². The fourth-order valence-electron chi connectivity index (χ4n) is 0.758. The predicted molar refractivity (Wildman–Crippen MR) is 63.5 cm³/mol. The van der Waals surface area contributed by atoms with Gasteiger partial charge in [-0.1, -0.05) is 49.0 Å². The van der Waals surface area contributed by atoms with E-state index in [2.05, 4.69) is 17.9 Å². The molecular formula is C12H13ClO2. The SMILES string of the molecule is C=COC(C)=O.C=Cc1ccccc1Cl. The molecule has 2 nitrogen and oxygen atoms in total. The van der Waals surface area contributed by atoms with Crippen LogP contribution in [0.4, 0.5) is 0 Å². The first kappa shape index (κ1) is 13.5. The largest absolute Gasteiger partial charge is 0.435 e. The highest BCUT2D eigenvalue weighted by atomic mass is 35.5. The predicted octanol–water partition coefficient (Wildman–Crippen LogP) is 3.68. The van der Waals surface area contributed by atoms with E-state index in [1.54, 1.807) is 6.08 Å². The summed E-state index contributed by atoms with van der Waals surface area (Å²) in [4.78, 5) is 9.75. The third-order valence-corrected chi connectivity index (χ3v) is 1.72. The van der Waals surface area contributed by atoms with Crippen LogP contribution >= 0.6 is 11.6 Å². The first-order chi connectivity index (χ1) is 7.11. The molecule has 0 spiro atoms. The van der Waals surface area contributed by atoms with Gasteiger partial charge in [-0.25, -0.2) is 0 Å². The molecule has 0 amide bonds. The molecular weight excluding hydrogens is 212 g/mol. The molecule has 0 bridgehead atoms. The molecule has 0 N–H and O–H groups in total. The maximum absolute atomic E-state index is 9.75. The quantitative estimate of drug-likeness (QED) is 0.566. The number of hydrogen-bond donors (Lipinski definition) is 0. The maximum Gasteiger partial charge on any atom is 0.307 e. The van der Waals surface area contributed by atoms with Gasteiger partial charge in [-0.05, 0) is 11.6 Å². The van der Waals surface area contributed by atoms with Crippen molar-refractivity contribution in [1.82, 2.24) is 0 Å². The van der Waals surface area contributed by atoms with E-state index in [9.17, 15) is 4.79 Å². The van der Waals surface area contributed by atoms with E-state index in [-0.39, 0.29) is 5.97 Å². The number of ether oxygens (including phenoxy) is 1. The third kappa shape index (κ3) is 6.52. The lowest BCUT2D eigenvalue weighted by atomic mass is 10.2. The van der Waals surface area contributed by atoms with Gasteiger partial charge in [-0.2, -0.15) is 0 Å². The van der Waals surface area contributed by atoms with Gasteiger partial charge in [0.15, 0.2) is 0 Å². The zero-order valence-electron chi connectivity index (χ0n) is 8.57. The average Bonchev–Trinajstić information content (AvgIpc) is 2.19. The molecule has 0 heterocycles. The Morgan fingerprint density at radius 2 is 2.00 bits per heavy atom. The van der Waals surface area contributed by atoms with Crippen LogP contribution in [0.5, 0.6) is 0 Å². The molecule has 0 aliphatic heterocycles. The molecule has 0 aliphatic rings. The zero-order chi connectivity index (χ0) is 11.7. The maximum atomic E-state index is 9.75. The van der Waals surface area contributed by atoms with E-state index < -0.39 is 0 Å². The molecule has 3 heteroatoms. The molecule has 1 aromatic carbocycles. The molecule has 80 valence electrons. The molecule has 1 aromatic rings. The van der Waals surface area contributed by atoms with E-state index in [1.165, 1.54) is 6.92 Å². The van der Waals surface area contributed by atoms with E-state index in [0.717, 1.165) is 16.8 Å². The number of rotatable bonds is 2. The second-order valence-corrected chi connectivity index (χ2v) is 2.91. The summed E-state index contributed by atoms with van der Waals surface area (Å²) in [6.45, 7) is 8.09. The Hall–Kier alpha value is -1.54. The summed E-state index contributed by atoms with van der Waals surface area (Å²) in [5, 5.41) is 0.757. The Labute approximate surface area is 94.8 Å². The van der Waals surface area contributed by atoms with Crippen molar-refractivity contribution in [2.75, 3.05) is 0 Å². The summed E-state index contributed by atoms with van der Waals surface area (Å²) in [6.07, 6.45) is 2.84. The second kappa shape index (κ2) is 7.83. The number of hydrogen-bond acceptors (Lipinski definition) is 2. The van der Waals surface area contributed by atoms with Gasteiger partial charge in [0.25, 0.3) is 0 Å². The highest BCUT2D eigenvalue weighted by Crippen LogP contribution is 2.14. The van der Waals surface area contributed by atoms with Gasteiger partial charge in [-0.15, -0.1) is 0 Å². The molecule has 0 fully saturated rings. The van der Waals surface area contributed by atoms with Crippen LogP contribution in [0.2, 0.25) is 5.02 Å². The minimum absolute atomic E-state index is 0.329. The summed E-state index contributed by atoms with van der Waals surface area (Å²) in [5.41, 5.74) is 0.985. The Morgan fingerprint density at radius 1 is 1.40 bits per heavy atom. The lowest BCUT2D eigenvalue weighted by Crippen LogP contribution is -1.87. The smallest absolute Gasteiger partial charge is 0.307 e. The molecule has 0 atom stereocenters. The van der Waals surface area contributed by atoms with Crippen molar-refractivity contribution in [3.05, 3.63) is 54.3 Å². The summed E-state index contributed by atoms with van der Waals surface area (Å²) in [5.74, 6) is -0.329. The Morgan fingerprint density at radius 3 is 2.27 bits per heavy atom. The van der Waals surface area contributed by atoms with Crippen molar-refractivity contribution < 1.29 is 9.53 Å². The molecule has 0 aliphatic carbocycles. The minimum Gasteiger partial charge on any atom is -0.435 e. The first-order valence-electron chi connectivity index (χ1n) is 4.27. The van der Waals surface area contributed by atoms with Gasteiger partial charge in [0.2, 0.25) is 0 Å². The molecule has 0 unspecified atom stereocenters. The summed E-state index contributed by atoms with van der Waals surface area (Å²) >= 11 is 5.75. The third-order valence-electron chi connectivity index (χ3n) is 1.37. The monoisotopic (exact) mass is 224 g/mol. The highest BCUT2D eigenvalue weighted by molar-refractivity contribution is 6.32. The van der Waals surface area contributed by atoms with Gasteiger partial charge in [0.05, 0.1) is 6.26 Å². The van der Waals surface area contributed by atoms with Crippen LogP contribution in [0, 0.1) is 0 Å². The van der Waals surface area contributed by atoms with Gasteiger partial charge in [-0.3, -0.25) is 4.79 Å². The van der Waals surface area contributed by atoms with Crippen molar-refractivity contribution in [2.24, 2.45) is 0 Å². The average molecular weight is 225 g/mol. The first-order valence-corrected chi connectivity index (χ1v) is 4.64. The van der Waals surface area contributed by atoms with E-state index in [4.69, 9.17) is 11.6 Å². The van der Waals surface area contributed by atoms with Crippen LogP contribution in [-0.4, -0.2) is 5.97 Å². The number of benzene rings is 1. The van der Waals surface area contributed by atoms with Crippen LogP contribution in [0.15, 0.2) is 43.7 Å². The van der Waals surface area contributed by atoms with Crippen molar-refractivity contribution in [1.29, 1.82) is 0 Å². The lowest BCUT2D eigenvalue weighted by molar-refractivity contribution is -0.135. The molecule has 0 saturated heterocycles. The van der Waals surface area contributed by atoms with Crippen molar-refractivity contribution in [2.45, 2.75) is 6.92 Å². The van der Waals surface area contributed by atoms with Gasteiger partial charge in [0, 0.05) is 11.9 Å². The highest BCUT2D eigenvalue weighted by Gasteiger charge is 1.89. The molecule has 1 rings (SSSR count). The van der Waals surface area contributed by atoms with Crippen molar-refractivity contribution >= 4 is 23.6 Å². The summed E-state index contributed by atoms with van der Waals surface area (Å²) in [6, 6.07) is 7.60. The molecule has 0 radical (unpaired) electrons. The summed E-state index contributed by atoms with van der Waals surface area (Å²) < 4.78 is 4.17. The number of halogens is 1. The standard InChI is InChI=1S/C8H7Cl.C4H6O2/c1-2-7-5-3-4-6-8(7)9;1-3-6-4(2)5/h2-6H,1H2;3H,1H2,2H3. The van der Waals surface area contributed by atoms with Crippen molar-refractivity contribution in [3.63, 3.8) is 0 Å². The Kier molecular flexibility index (Phi) is 7.02. The topological polar surface area (TPSA) is 26.3 Å². The van der Waals surface area contributed by atoms with Crippen LogP contribution < -0.4 is 0 Å². The fourth-order valence-corrected chi connectivity index (χ4v) is 0.971. The second-order valence-electron chi connectivity index (χ2n) is 2.50. The van der Waals surface area contributed by atoms with Crippen LogP contribution in [0.25, 0.3) is 6.08 Å². The van der Waals surface area contributed by atoms with Gasteiger partial charge in [0.1, 0.15) is 0 Å². The van der Waals surface area contributed by atoms with E-state index >= 15 is 0 Å². The normalized spacial score (nSPS) is 8.13. The minimum atomic E-state index is -0.329. The lowest BCUT2D eigenvalue weighted by Gasteiger charge is -1.92. The number of carbonyl (C=O) groups excluding carboxylic acids is 1. The van der Waals surface area contributed by atoms with Crippen molar-refractivity contribution in [3.8, 4) is 0 Å².